The molecule has 5 nitrogen and oxygen atoms in total. The van der Waals surface area contributed by atoms with E-state index in [0.29, 0.717) is 0 Å². The SMILES string of the molecule is O=C(OCc1ccccc1)C(=O)C(Cc1ccccc1)C(=O)OCc1ccccc1. The van der Waals surface area contributed by atoms with Gasteiger partial charge in [0.25, 0.3) is 5.78 Å². The monoisotopic (exact) mass is 402 g/mol. The van der Waals surface area contributed by atoms with Crippen LogP contribution < -0.4 is 0 Å². The number of Topliss-reactive ketones (excluding diaryl/α,β-unsaturated/α-hetero) is 1. The summed E-state index contributed by atoms with van der Waals surface area (Å²) >= 11 is 0. The molecule has 1 atom stereocenters. The van der Waals surface area contributed by atoms with Gasteiger partial charge in [0.05, 0.1) is 0 Å². The first-order valence-electron chi connectivity index (χ1n) is 9.63. The standard InChI is InChI=1S/C25H22O5/c26-23(25(28)30-18-21-14-8-3-9-15-21)22(16-19-10-4-1-5-11-19)24(27)29-17-20-12-6-2-7-13-20/h1-15,22H,16-18H2. The van der Waals surface area contributed by atoms with E-state index in [1.807, 2.05) is 54.6 Å². The van der Waals surface area contributed by atoms with E-state index in [1.165, 1.54) is 0 Å². The van der Waals surface area contributed by atoms with Crippen molar-refractivity contribution in [3.63, 3.8) is 0 Å². The van der Waals surface area contributed by atoms with E-state index in [2.05, 4.69) is 0 Å². The zero-order chi connectivity index (χ0) is 21.2. The van der Waals surface area contributed by atoms with Gasteiger partial charge in [-0.2, -0.15) is 0 Å². The fourth-order valence-corrected chi connectivity index (χ4v) is 2.90. The number of hydrogen-bond acceptors (Lipinski definition) is 5. The number of ether oxygens (including phenoxy) is 2. The zero-order valence-electron chi connectivity index (χ0n) is 16.4. The largest absolute Gasteiger partial charge is 0.460 e. The maximum atomic E-state index is 12.7. The lowest BCUT2D eigenvalue weighted by atomic mass is 9.95. The molecule has 0 saturated heterocycles. The molecule has 1 unspecified atom stereocenters. The molecule has 3 rings (SSSR count). The van der Waals surface area contributed by atoms with E-state index in [9.17, 15) is 14.4 Å². The summed E-state index contributed by atoms with van der Waals surface area (Å²) in [7, 11) is 0. The highest BCUT2D eigenvalue weighted by Gasteiger charge is 2.34. The van der Waals surface area contributed by atoms with Crippen molar-refractivity contribution >= 4 is 17.7 Å². The Hall–Kier alpha value is -3.73. The molecular weight excluding hydrogens is 380 g/mol. The van der Waals surface area contributed by atoms with Crippen LogP contribution in [0.15, 0.2) is 91.0 Å². The van der Waals surface area contributed by atoms with Crippen LogP contribution in [0.1, 0.15) is 16.7 Å². The molecule has 0 aliphatic rings. The Bertz CT molecular complexity index is 968. The average molecular weight is 402 g/mol. The molecule has 152 valence electrons. The second kappa shape index (κ2) is 10.7. The fraction of sp³-hybridized carbons (Fsp3) is 0.160. The zero-order valence-corrected chi connectivity index (χ0v) is 16.4. The predicted molar refractivity (Wildman–Crippen MR) is 111 cm³/mol. The average Bonchev–Trinajstić information content (AvgIpc) is 2.81. The van der Waals surface area contributed by atoms with Crippen LogP contribution in [-0.2, 0) is 43.5 Å². The molecule has 0 N–H and O–H groups in total. The first-order chi connectivity index (χ1) is 14.6. The molecule has 0 aromatic heterocycles. The molecule has 0 bridgehead atoms. The van der Waals surface area contributed by atoms with Crippen LogP contribution in [0.3, 0.4) is 0 Å². The second-order valence-corrected chi connectivity index (χ2v) is 6.76. The Morgan fingerprint density at radius 2 is 1.03 bits per heavy atom. The van der Waals surface area contributed by atoms with Crippen LogP contribution in [0, 0.1) is 5.92 Å². The number of carbonyl (C=O) groups is 3. The summed E-state index contributed by atoms with van der Waals surface area (Å²) in [6.07, 6.45) is 0.0632. The molecule has 0 saturated carbocycles. The van der Waals surface area contributed by atoms with E-state index in [-0.39, 0.29) is 19.6 Å². The summed E-state index contributed by atoms with van der Waals surface area (Å²) in [6.45, 7) is -0.0140. The molecule has 0 radical (unpaired) electrons. The van der Waals surface area contributed by atoms with Gasteiger partial charge in [0, 0.05) is 0 Å². The van der Waals surface area contributed by atoms with Gasteiger partial charge in [-0.3, -0.25) is 9.59 Å². The van der Waals surface area contributed by atoms with Crippen molar-refractivity contribution in [3.05, 3.63) is 108 Å². The van der Waals surface area contributed by atoms with Gasteiger partial charge in [0.1, 0.15) is 19.1 Å². The molecule has 30 heavy (non-hydrogen) atoms. The van der Waals surface area contributed by atoms with Crippen LogP contribution in [0.5, 0.6) is 0 Å². The highest BCUT2D eigenvalue weighted by atomic mass is 16.5. The summed E-state index contributed by atoms with van der Waals surface area (Å²) in [5.41, 5.74) is 2.30. The van der Waals surface area contributed by atoms with Crippen LogP contribution in [0.2, 0.25) is 0 Å². The molecule has 0 aliphatic heterocycles. The van der Waals surface area contributed by atoms with Crippen molar-refractivity contribution in [2.45, 2.75) is 19.6 Å². The van der Waals surface area contributed by atoms with Gasteiger partial charge in [-0.1, -0.05) is 91.0 Å². The summed E-state index contributed by atoms with van der Waals surface area (Å²) in [6, 6.07) is 27.2. The Labute approximate surface area is 175 Å². The number of rotatable bonds is 9. The molecule has 0 amide bonds. The molecule has 0 fully saturated rings. The number of esters is 2. The summed E-state index contributed by atoms with van der Waals surface area (Å²) in [5, 5.41) is 0. The Kier molecular flexibility index (Phi) is 7.50. The quantitative estimate of drug-likeness (QED) is 0.308. The van der Waals surface area contributed by atoms with Gasteiger partial charge in [0.2, 0.25) is 0 Å². The first-order valence-corrected chi connectivity index (χ1v) is 9.63. The third-order valence-corrected chi connectivity index (χ3v) is 4.52. The minimum Gasteiger partial charge on any atom is -0.460 e. The number of carbonyl (C=O) groups excluding carboxylic acids is 3. The minimum absolute atomic E-state index is 0.0251. The smallest absolute Gasteiger partial charge is 0.375 e. The normalized spacial score (nSPS) is 11.3. The Morgan fingerprint density at radius 3 is 1.53 bits per heavy atom. The Balaban J connectivity index is 1.68. The second-order valence-electron chi connectivity index (χ2n) is 6.76. The van der Waals surface area contributed by atoms with E-state index in [1.54, 1.807) is 36.4 Å². The molecule has 0 aliphatic carbocycles. The van der Waals surface area contributed by atoms with E-state index >= 15 is 0 Å². The van der Waals surface area contributed by atoms with Crippen LogP contribution in [0.4, 0.5) is 0 Å². The molecule has 3 aromatic carbocycles. The lowest BCUT2D eigenvalue weighted by Crippen LogP contribution is -2.34. The predicted octanol–water partition coefficient (Wildman–Crippen LogP) is 3.90. The summed E-state index contributed by atoms with van der Waals surface area (Å²) < 4.78 is 10.5. The van der Waals surface area contributed by atoms with Gasteiger partial charge in [-0.15, -0.1) is 0 Å². The number of hydrogen-bond donors (Lipinski definition) is 0. The maximum Gasteiger partial charge on any atom is 0.375 e. The van der Waals surface area contributed by atoms with Crippen LogP contribution in [0.25, 0.3) is 0 Å². The van der Waals surface area contributed by atoms with Gasteiger partial charge in [0.15, 0.2) is 0 Å². The van der Waals surface area contributed by atoms with Crippen molar-refractivity contribution in [1.29, 1.82) is 0 Å². The van der Waals surface area contributed by atoms with Crippen molar-refractivity contribution < 1.29 is 23.9 Å². The van der Waals surface area contributed by atoms with Crippen molar-refractivity contribution in [2.75, 3.05) is 0 Å². The minimum atomic E-state index is -1.26. The summed E-state index contributed by atoms with van der Waals surface area (Å²) in [5.74, 6) is -3.96. The van der Waals surface area contributed by atoms with Crippen molar-refractivity contribution in [1.82, 2.24) is 0 Å². The van der Waals surface area contributed by atoms with E-state index in [4.69, 9.17) is 9.47 Å². The number of ketones is 1. The number of benzene rings is 3. The molecule has 3 aromatic rings. The Morgan fingerprint density at radius 1 is 0.600 bits per heavy atom. The molecule has 5 heteroatoms. The van der Waals surface area contributed by atoms with Gasteiger partial charge >= 0.3 is 11.9 Å². The van der Waals surface area contributed by atoms with E-state index in [0.717, 1.165) is 16.7 Å². The fourth-order valence-electron chi connectivity index (χ4n) is 2.90. The first kappa shape index (κ1) is 21.0. The third kappa shape index (κ3) is 6.14. The third-order valence-electron chi connectivity index (χ3n) is 4.52. The van der Waals surface area contributed by atoms with Crippen LogP contribution in [-0.4, -0.2) is 17.7 Å². The maximum absolute atomic E-state index is 12.7. The van der Waals surface area contributed by atoms with Gasteiger partial charge < -0.3 is 9.47 Å². The lowest BCUT2D eigenvalue weighted by Gasteiger charge is -2.15. The molecular formula is C25H22O5. The van der Waals surface area contributed by atoms with Crippen molar-refractivity contribution in [2.24, 2.45) is 5.92 Å². The van der Waals surface area contributed by atoms with Gasteiger partial charge in [-0.05, 0) is 23.1 Å². The highest BCUT2D eigenvalue weighted by Crippen LogP contribution is 2.15. The van der Waals surface area contributed by atoms with E-state index < -0.39 is 23.6 Å². The topological polar surface area (TPSA) is 69.7 Å². The van der Waals surface area contributed by atoms with Crippen LogP contribution >= 0.6 is 0 Å². The highest BCUT2D eigenvalue weighted by molar-refractivity contribution is 6.37. The lowest BCUT2D eigenvalue weighted by molar-refractivity contribution is -0.163. The van der Waals surface area contributed by atoms with Gasteiger partial charge in [-0.25, -0.2) is 4.79 Å². The molecule has 0 heterocycles. The molecule has 0 spiro atoms. The summed E-state index contributed by atoms with van der Waals surface area (Å²) in [4.78, 5) is 37.8. The van der Waals surface area contributed by atoms with Crippen molar-refractivity contribution in [3.8, 4) is 0 Å².